The molecule has 10 atom stereocenters. The minimum Gasteiger partial charge on any atom is -0.394 e. The van der Waals surface area contributed by atoms with Crippen molar-refractivity contribution in [2.45, 2.75) is 68.3 Å². The molecule has 2 aliphatic heterocycles. The summed E-state index contributed by atoms with van der Waals surface area (Å²) in [4.78, 5) is 11.2. The van der Waals surface area contributed by atoms with Gasteiger partial charge >= 0.3 is 0 Å². The lowest BCUT2D eigenvalue weighted by Crippen LogP contribution is -2.67. The van der Waals surface area contributed by atoms with E-state index in [9.17, 15) is 40.5 Å². The largest absolute Gasteiger partial charge is 0.394 e. The molecule has 152 valence electrons. The molecule has 0 spiro atoms. The Balaban J connectivity index is 2.16. The summed E-state index contributed by atoms with van der Waals surface area (Å²) < 4.78 is 15.7. The summed E-state index contributed by atoms with van der Waals surface area (Å²) in [6.45, 7) is -0.195. The number of hydrogen-bond donors (Lipinski definition) is 8. The number of ether oxygens (including phenoxy) is 3. The van der Waals surface area contributed by atoms with Crippen molar-refractivity contribution in [3.8, 4) is 0 Å². The van der Waals surface area contributed by atoms with Crippen molar-refractivity contribution in [1.82, 2.24) is 5.32 Å². The van der Waals surface area contributed by atoms with E-state index in [1.165, 1.54) is 0 Å². The van der Waals surface area contributed by atoms with E-state index in [1.54, 1.807) is 0 Å². The van der Waals surface area contributed by atoms with Crippen LogP contribution in [0.2, 0.25) is 0 Å². The Bertz CT molecular complexity index is 478. The Kier molecular flexibility index (Phi) is 7.27. The minimum absolute atomic E-state index is 0.564. The maximum atomic E-state index is 11.2. The average molecular weight is 383 g/mol. The fourth-order valence-electron chi connectivity index (χ4n) is 2.98. The molecular formula is C14H25NO11. The summed E-state index contributed by atoms with van der Waals surface area (Å²) in [5.41, 5.74) is 0. The van der Waals surface area contributed by atoms with Crippen LogP contribution < -0.4 is 5.32 Å². The summed E-state index contributed by atoms with van der Waals surface area (Å²) in [7, 11) is 0. The van der Waals surface area contributed by atoms with Gasteiger partial charge in [0.2, 0.25) is 5.91 Å². The maximum absolute atomic E-state index is 11.2. The van der Waals surface area contributed by atoms with Crippen LogP contribution >= 0.6 is 0 Å². The van der Waals surface area contributed by atoms with Crippen molar-refractivity contribution in [2.75, 3.05) is 13.2 Å². The molecule has 2 rings (SSSR count). The Morgan fingerprint density at radius 3 is 2.08 bits per heavy atom. The van der Waals surface area contributed by atoms with Crippen LogP contribution in [0.15, 0.2) is 0 Å². The lowest BCUT2D eigenvalue weighted by Gasteiger charge is -2.46. The van der Waals surface area contributed by atoms with Gasteiger partial charge in [-0.15, -0.1) is 0 Å². The smallest absolute Gasteiger partial charge is 0.217 e. The quantitative estimate of drug-likeness (QED) is 0.226. The summed E-state index contributed by atoms with van der Waals surface area (Å²) in [6.07, 6.45) is -13.6. The summed E-state index contributed by atoms with van der Waals surface area (Å²) in [5, 5.41) is 70.7. The highest BCUT2D eigenvalue weighted by Crippen LogP contribution is 2.28. The molecule has 1 amide bonds. The van der Waals surface area contributed by atoms with Crippen LogP contribution in [0, 0.1) is 0 Å². The molecular weight excluding hydrogens is 358 g/mol. The number of aliphatic hydroxyl groups excluding tert-OH is 7. The number of carbonyl (C=O) groups excluding carboxylic acids is 1. The van der Waals surface area contributed by atoms with Crippen molar-refractivity contribution in [2.24, 2.45) is 0 Å². The van der Waals surface area contributed by atoms with Crippen molar-refractivity contribution in [1.29, 1.82) is 0 Å². The van der Waals surface area contributed by atoms with Gasteiger partial charge in [0, 0.05) is 6.92 Å². The standard InChI is InChI=1S/C14H25NO11/c1-4(18)15-7-9(20)12(6(3-17)24-13(7)23)26-14-11(22)10(21)8(19)5(2-16)25-14/h5-14,16-17,19-23H,2-3H2,1H3,(H,15,18)/t5?,6?,7-,8+,9+,10-,11+,12+,13+,14-/m0/s1. The van der Waals surface area contributed by atoms with E-state index in [-0.39, 0.29) is 0 Å². The molecule has 0 aromatic carbocycles. The highest BCUT2D eigenvalue weighted by molar-refractivity contribution is 5.73. The molecule has 26 heavy (non-hydrogen) atoms. The van der Waals surface area contributed by atoms with Gasteiger partial charge in [0.15, 0.2) is 12.6 Å². The summed E-state index contributed by atoms with van der Waals surface area (Å²) in [5.74, 6) is -0.564. The van der Waals surface area contributed by atoms with E-state index in [2.05, 4.69) is 5.32 Å². The second-order valence-electron chi connectivity index (χ2n) is 6.26. The lowest BCUT2D eigenvalue weighted by atomic mass is 9.95. The zero-order valence-corrected chi connectivity index (χ0v) is 14.0. The molecule has 0 bridgehead atoms. The predicted molar refractivity (Wildman–Crippen MR) is 80.2 cm³/mol. The Hall–Kier alpha value is -0.930. The molecule has 0 aromatic heterocycles. The van der Waals surface area contributed by atoms with Crippen LogP contribution in [0.1, 0.15) is 6.92 Å². The van der Waals surface area contributed by atoms with Crippen molar-refractivity contribution < 1.29 is 54.8 Å². The average Bonchev–Trinajstić information content (AvgIpc) is 2.60. The Morgan fingerprint density at radius 2 is 1.54 bits per heavy atom. The number of rotatable bonds is 5. The van der Waals surface area contributed by atoms with E-state index in [0.29, 0.717) is 0 Å². The number of nitrogens with one attached hydrogen (secondary N) is 1. The molecule has 12 nitrogen and oxygen atoms in total. The summed E-state index contributed by atoms with van der Waals surface area (Å²) >= 11 is 0. The SMILES string of the molecule is CC(=O)N[C@H]1[C@@H](O)[C@H](O[C@@H]2OC(CO)[C@@H](O)[C@H](O)[C@H]2O)C(CO)O[C@H]1O. The van der Waals surface area contributed by atoms with Gasteiger partial charge in [-0.05, 0) is 0 Å². The second-order valence-corrected chi connectivity index (χ2v) is 6.26. The number of amides is 1. The molecule has 2 saturated heterocycles. The van der Waals surface area contributed by atoms with Crippen LogP contribution in [0.3, 0.4) is 0 Å². The Labute approximate surface area is 148 Å². The van der Waals surface area contributed by atoms with Gasteiger partial charge in [0.1, 0.15) is 48.8 Å². The van der Waals surface area contributed by atoms with Gasteiger partial charge in [-0.3, -0.25) is 4.79 Å². The lowest BCUT2D eigenvalue weighted by molar-refractivity contribution is -0.345. The molecule has 2 aliphatic rings. The number of hydrogen-bond acceptors (Lipinski definition) is 11. The van der Waals surface area contributed by atoms with E-state index in [0.717, 1.165) is 6.92 Å². The fraction of sp³-hybridized carbons (Fsp3) is 0.929. The second kappa shape index (κ2) is 8.84. The molecule has 12 heteroatoms. The van der Waals surface area contributed by atoms with Crippen molar-refractivity contribution >= 4 is 5.91 Å². The third kappa shape index (κ3) is 4.31. The predicted octanol–water partition coefficient (Wildman–Crippen LogP) is -5.25. The van der Waals surface area contributed by atoms with Crippen LogP contribution in [0.4, 0.5) is 0 Å². The van der Waals surface area contributed by atoms with Crippen molar-refractivity contribution in [3.63, 3.8) is 0 Å². The number of aliphatic hydroxyl groups is 7. The first kappa shape index (κ1) is 21.4. The highest BCUT2D eigenvalue weighted by Gasteiger charge is 2.50. The first-order valence-corrected chi connectivity index (χ1v) is 8.06. The van der Waals surface area contributed by atoms with Gasteiger partial charge in [0.05, 0.1) is 13.2 Å². The van der Waals surface area contributed by atoms with Crippen LogP contribution in [0.25, 0.3) is 0 Å². The Morgan fingerprint density at radius 1 is 0.923 bits per heavy atom. The van der Waals surface area contributed by atoms with Gasteiger partial charge in [-0.25, -0.2) is 0 Å². The molecule has 0 aromatic rings. The van der Waals surface area contributed by atoms with Gasteiger partial charge in [-0.1, -0.05) is 0 Å². The first-order valence-electron chi connectivity index (χ1n) is 8.06. The van der Waals surface area contributed by atoms with E-state index in [1.807, 2.05) is 0 Å². The topological polar surface area (TPSA) is 198 Å². The third-order valence-corrected chi connectivity index (χ3v) is 4.38. The van der Waals surface area contributed by atoms with E-state index >= 15 is 0 Å². The zero-order chi connectivity index (χ0) is 19.6. The van der Waals surface area contributed by atoms with Crippen molar-refractivity contribution in [3.05, 3.63) is 0 Å². The normalized spacial score (nSPS) is 46.8. The van der Waals surface area contributed by atoms with E-state index < -0.39 is 80.5 Å². The fourth-order valence-corrected chi connectivity index (χ4v) is 2.98. The minimum atomic E-state index is -1.73. The monoisotopic (exact) mass is 383 g/mol. The highest BCUT2D eigenvalue weighted by atomic mass is 16.7. The first-order chi connectivity index (χ1) is 12.2. The molecule has 2 fully saturated rings. The molecule has 8 N–H and O–H groups in total. The molecule has 0 aliphatic carbocycles. The van der Waals surface area contributed by atoms with Crippen LogP contribution in [-0.2, 0) is 19.0 Å². The molecule has 2 heterocycles. The number of carbonyl (C=O) groups is 1. The maximum Gasteiger partial charge on any atom is 0.217 e. The molecule has 0 radical (unpaired) electrons. The van der Waals surface area contributed by atoms with Gasteiger partial charge in [-0.2, -0.15) is 0 Å². The zero-order valence-electron chi connectivity index (χ0n) is 14.0. The van der Waals surface area contributed by atoms with Gasteiger partial charge < -0.3 is 55.3 Å². The third-order valence-electron chi connectivity index (χ3n) is 4.38. The van der Waals surface area contributed by atoms with E-state index in [4.69, 9.17) is 14.2 Å². The molecule has 0 saturated carbocycles. The van der Waals surface area contributed by atoms with Crippen LogP contribution in [0.5, 0.6) is 0 Å². The van der Waals surface area contributed by atoms with Crippen LogP contribution in [-0.4, -0.2) is 116 Å². The molecule has 2 unspecified atom stereocenters. The summed E-state index contributed by atoms with van der Waals surface area (Å²) in [6, 6.07) is -1.29. The van der Waals surface area contributed by atoms with Gasteiger partial charge in [0.25, 0.3) is 0 Å².